The zero-order chi connectivity index (χ0) is 12.3. The van der Waals surface area contributed by atoms with Crippen molar-refractivity contribution in [1.29, 1.82) is 0 Å². The molecule has 0 saturated heterocycles. The molecule has 0 spiro atoms. The predicted molar refractivity (Wildman–Crippen MR) is 78.3 cm³/mol. The van der Waals surface area contributed by atoms with Gasteiger partial charge in [0.2, 0.25) is 0 Å². The molecule has 92 valence electrons. The molecule has 0 aliphatic carbocycles. The summed E-state index contributed by atoms with van der Waals surface area (Å²) in [5.41, 5.74) is 0.906. The van der Waals surface area contributed by atoms with Gasteiger partial charge >= 0.3 is 5.97 Å². The Morgan fingerprint density at radius 3 is 2.47 bits per heavy atom. The van der Waals surface area contributed by atoms with Crippen molar-refractivity contribution in [2.45, 2.75) is 21.8 Å². The number of rotatable bonds is 2. The zero-order valence-corrected chi connectivity index (χ0v) is 13.0. The number of hydrogen-bond acceptors (Lipinski definition) is 8. The lowest BCUT2D eigenvalue weighted by molar-refractivity contribution is -0.143. The third-order valence-electron chi connectivity index (χ3n) is 1.82. The fourth-order valence-corrected chi connectivity index (χ4v) is 7.08. The molecule has 17 heavy (non-hydrogen) atoms. The minimum atomic E-state index is -0.290. The molecule has 0 aromatic carbocycles. The Balaban J connectivity index is 2.02. The van der Waals surface area contributed by atoms with Crippen LogP contribution in [0.15, 0.2) is 13.6 Å². The molecule has 1 aliphatic heterocycles. The van der Waals surface area contributed by atoms with Gasteiger partial charge in [-0.05, 0) is 0 Å². The summed E-state index contributed by atoms with van der Waals surface area (Å²) in [7, 11) is 0. The van der Waals surface area contributed by atoms with Gasteiger partial charge < -0.3 is 4.84 Å². The molecule has 2 heterocycles. The van der Waals surface area contributed by atoms with Crippen LogP contribution >= 0.6 is 58.4 Å². The molecule has 1 aromatic rings. The Bertz CT molecular complexity index is 473. The van der Waals surface area contributed by atoms with Crippen molar-refractivity contribution in [2.75, 3.05) is 11.5 Å². The standard InChI is InChI=1S/C9H9NO2S5/c1-2-6(11)12-10-5-3-14-7-8(15-4-5)17-9(13)16-7/h2-4H2,1H3. The van der Waals surface area contributed by atoms with Gasteiger partial charge in [0.15, 0.2) is 0 Å². The largest absolute Gasteiger partial charge is 0.334 e. The highest BCUT2D eigenvalue weighted by molar-refractivity contribution is 8.07. The Kier molecular flexibility index (Phi) is 5.04. The van der Waals surface area contributed by atoms with Crippen LogP contribution in [0, 0.1) is 3.14 Å². The lowest BCUT2D eigenvalue weighted by Crippen LogP contribution is -2.07. The summed E-state index contributed by atoms with van der Waals surface area (Å²) in [6.07, 6.45) is 0.353. The average Bonchev–Trinajstić information content (AvgIpc) is 2.58. The van der Waals surface area contributed by atoms with Gasteiger partial charge in [-0.3, -0.25) is 0 Å². The summed E-state index contributed by atoms with van der Waals surface area (Å²) in [5.74, 6) is 1.24. The summed E-state index contributed by atoms with van der Waals surface area (Å²) in [6.45, 7) is 1.75. The van der Waals surface area contributed by atoms with Crippen LogP contribution in [0.25, 0.3) is 0 Å². The fourth-order valence-electron chi connectivity index (χ4n) is 1.00. The van der Waals surface area contributed by atoms with Gasteiger partial charge in [-0.1, -0.05) is 24.3 Å². The molecule has 0 fully saturated rings. The number of thioether (sulfide) groups is 2. The molecule has 0 unspecified atom stereocenters. The highest BCUT2D eigenvalue weighted by Gasteiger charge is 2.16. The molecule has 3 nitrogen and oxygen atoms in total. The van der Waals surface area contributed by atoms with E-state index < -0.39 is 0 Å². The van der Waals surface area contributed by atoms with Crippen LogP contribution in [-0.2, 0) is 9.63 Å². The first-order valence-corrected chi connectivity index (χ1v) is 8.85. The number of carbonyl (C=O) groups excluding carboxylic acids is 1. The molecule has 0 amide bonds. The van der Waals surface area contributed by atoms with Gasteiger partial charge in [0.1, 0.15) is 3.14 Å². The smallest absolute Gasteiger partial charge is 0.318 e. The van der Waals surface area contributed by atoms with E-state index in [2.05, 4.69) is 5.16 Å². The van der Waals surface area contributed by atoms with Crippen LogP contribution in [0.1, 0.15) is 13.3 Å². The van der Waals surface area contributed by atoms with Gasteiger partial charge in [-0.15, -0.1) is 46.2 Å². The monoisotopic (exact) mass is 323 g/mol. The van der Waals surface area contributed by atoms with Crippen LogP contribution in [0.4, 0.5) is 0 Å². The third kappa shape index (κ3) is 3.78. The minimum Gasteiger partial charge on any atom is -0.318 e. The Labute approximate surface area is 121 Å². The molecular weight excluding hydrogens is 314 g/mol. The summed E-state index contributed by atoms with van der Waals surface area (Å²) in [5, 5.41) is 3.91. The molecular formula is C9H9NO2S5. The second-order valence-corrected chi connectivity index (χ2v) is 8.79. The molecule has 1 aliphatic rings. The lowest BCUT2D eigenvalue weighted by Gasteiger charge is -1.99. The third-order valence-corrected chi connectivity index (χ3v) is 7.55. The average molecular weight is 324 g/mol. The van der Waals surface area contributed by atoms with Gasteiger partial charge in [0.25, 0.3) is 0 Å². The second kappa shape index (κ2) is 6.33. The second-order valence-electron chi connectivity index (χ2n) is 3.08. The highest BCUT2D eigenvalue weighted by Crippen LogP contribution is 2.42. The quantitative estimate of drug-likeness (QED) is 0.466. The van der Waals surface area contributed by atoms with Crippen molar-refractivity contribution in [3.8, 4) is 0 Å². The van der Waals surface area contributed by atoms with Gasteiger partial charge in [0.05, 0.1) is 14.1 Å². The molecule has 0 bridgehead atoms. The van der Waals surface area contributed by atoms with Crippen LogP contribution in [0.5, 0.6) is 0 Å². The molecule has 8 heteroatoms. The molecule has 0 radical (unpaired) electrons. The first-order valence-electron chi connectivity index (χ1n) is 4.84. The maximum absolute atomic E-state index is 11.0. The summed E-state index contributed by atoms with van der Waals surface area (Å²) in [4.78, 5) is 15.8. The zero-order valence-electron chi connectivity index (χ0n) is 8.93. The molecule has 0 atom stereocenters. The number of carbonyl (C=O) groups is 1. The fraction of sp³-hybridized carbons (Fsp3) is 0.444. The van der Waals surface area contributed by atoms with E-state index in [0.29, 0.717) is 6.42 Å². The van der Waals surface area contributed by atoms with Gasteiger partial charge in [-0.25, -0.2) is 4.79 Å². The van der Waals surface area contributed by atoms with Crippen LogP contribution in [0.3, 0.4) is 0 Å². The summed E-state index contributed by atoms with van der Waals surface area (Å²) in [6, 6.07) is 0. The topological polar surface area (TPSA) is 38.7 Å². The van der Waals surface area contributed by atoms with E-state index in [9.17, 15) is 4.79 Å². The van der Waals surface area contributed by atoms with E-state index >= 15 is 0 Å². The first kappa shape index (κ1) is 13.5. The first-order chi connectivity index (χ1) is 8.19. The normalized spacial score (nSPS) is 15.0. The Morgan fingerprint density at radius 2 is 1.94 bits per heavy atom. The van der Waals surface area contributed by atoms with Crippen molar-refractivity contribution in [3.63, 3.8) is 0 Å². The lowest BCUT2D eigenvalue weighted by atomic mass is 10.5. The van der Waals surface area contributed by atoms with Crippen LogP contribution in [0.2, 0.25) is 0 Å². The van der Waals surface area contributed by atoms with E-state index in [1.807, 2.05) is 0 Å². The highest BCUT2D eigenvalue weighted by atomic mass is 32.2. The van der Waals surface area contributed by atoms with Gasteiger partial charge in [0, 0.05) is 17.9 Å². The van der Waals surface area contributed by atoms with E-state index in [0.717, 1.165) is 20.4 Å². The van der Waals surface area contributed by atoms with Gasteiger partial charge in [-0.2, -0.15) is 0 Å². The van der Waals surface area contributed by atoms with E-state index in [1.54, 1.807) is 53.1 Å². The maximum atomic E-state index is 11.0. The predicted octanol–water partition coefficient (Wildman–Crippen LogP) is 4.05. The van der Waals surface area contributed by atoms with E-state index in [4.69, 9.17) is 17.1 Å². The number of oxime groups is 1. The van der Waals surface area contributed by atoms with Crippen molar-refractivity contribution in [2.24, 2.45) is 5.16 Å². The van der Waals surface area contributed by atoms with Crippen molar-refractivity contribution >= 4 is 70.1 Å². The SMILES string of the molecule is CCC(=O)ON=C1CSc2sc(=S)sc2SC1. The van der Waals surface area contributed by atoms with Crippen LogP contribution in [-0.4, -0.2) is 23.2 Å². The molecule has 0 N–H and O–H groups in total. The Hall–Kier alpha value is 0.110. The number of hydrogen-bond donors (Lipinski definition) is 0. The number of fused-ring (bicyclic) bond motifs is 1. The van der Waals surface area contributed by atoms with E-state index in [1.165, 1.54) is 8.42 Å². The summed E-state index contributed by atoms with van der Waals surface area (Å²) >= 11 is 11.9. The molecule has 0 saturated carbocycles. The van der Waals surface area contributed by atoms with Crippen molar-refractivity contribution < 1.29 is 9.63 Å². The maximum Gasteiger partial charge on any atom is 0.334 e. The van der Waals surface area contributed by atoms with E-state index in [-0.39, 0.29) is 5.97 Å². The molecule has 2 rings (SSSR count). The Morgan fingerprint density at radius 1 is 1.35 bits per heavy atom. The van der Waals surface area contributed by atoms with Crippen LogP contribution < -0.4 is 0 Å². The molecule has 1 aromatic heterocycles. The van der Waals surface area contributed by atoms with Crippen molar-refractivity contribution in [1.82, 2.24) is 0 Å². The minimum absolute atomic E-state index is 0.290. The summed E-state index contributed by atoms with van der Waals surface area (Å²) < 4.78 is 3.49. The number of nitrogens with zero attached hydrogens (tertiary/aromatic N) is 1. The van der Waals surface area contributed by atoms with Crippen molar-refractivity contribution in [3.05, 3.63) is 3.14 Å².